The summed E-state index contributed by atoms with van der Waals surface area (Å²) < 4.78 is 28.7. The topological polar surface area (TPSA) is 105 Å². The van der Waals surface area contributed by atoms with E-state index in [1.165, 1.54) is 6.07 Å². The minimum atomic E-state index is -2.96. The van der Waals surface area contributed by atoms with E-state index in [-0.39, 0.29) is 10.9 Å². The number of aromatic nitrogens is 2. The van der Waals surface area contributed by atoms with Crippen LogP contribution in [0.2, 0.25) is 0 Å². The van der Waals surface area contributed by atoms with E-state index in [1.807, 2.05) is 28.1 Å². The number of H-pyrrole nitrogens is 1. The van der Waals surface area contributed by atoms with Crippen molar-refractivity contribution in [1.29, 1.82) is 5.26 Å². The van der Waals surface area contributed by atoms with E-state index >= 15 is 0 Å². The summed E-state index contributed by atoms with van der Waals surface area (Å²) in [4.78, 5) is 20.1. The zero-order chi connectivity index (χ0) is 23.7. The Bertz CT molecular complexity index is 1410. The number of fused-ring (bicyclic) bond motifs is 1. The number of guanidine groups is 1. The summed E-state index contributed by atoms with van der Waals surface area (Å²) in [6, 6.07) is 12.0. The van der Waals surface area contributed by atoms with Gasteiger partial charge in [-0.05, 0) is 30.2 Å². The molecule has 0 aliphatic carbocycles. The molecule has 0 atom stereocenters. The van der Waals surface area contributed by atoms with Crippen LogP contribution in [0.3, 0.4) is 0 Å². The van der Waals surface area contributed by atoms with Crippen LogP contribution in [0.1, 0.15) is 17.7 Å². The van der Waals surface area contributed by atoms with Gasteiger partial charge in [0.05, 0.1) is 11.1 Å². The van der Waals surface area contributed by atoms with Crippen LogP contribution < -0.4 is 10.9 Å². The van der Waals surface area contributed by atoms with Gasteiger partial charge in [-0.1, -0.05) is 24.3 Å². The Labute approximate surface area is 196 Å². The van der Waals surface area contributed by atoms with E-state index in [4.69, 9.17) is 5.26 Å². The van der Waals surface area contributed by atoms with Crippen LogP contribution in [0.15, 0.2) is 52.3 Å². The molecule has 0 bridgehead atoms. The van der Waals surface area contributed by atoms with E-state index < -0.39 is 13.0 Å². The van der Waals surface area contributed by atoms with Crippen molar-refractivity contribution >= 4 is 29.2 Å². The first-order valence-electron chi connectivity index (χ1n) is 11.3. The summed E-state index contributed by atoms with van der Waals surface area (Å²) in [7, 11) is -2.96. The first-order chi connectivity index (χ1) is 16.5. The van der Waals surface area contributed by atoms with E-state index in [1.54, 1.807) is 24.3 Å². The summed E-state index contributed by atoms with van der Waals surface area (Å²) in [5.41, 5.74) is 1.20. The summed E-state index contributed by atoms with van der Waals surface area (Å²) in [6.45, 7) is 2.64. The largest absolute Gasteiger partial charge is 0.342 e. The number of aliphatic imine (C=N–C) groups is 1. The third kappa shape index (κ3) is 4.10. The van der Waals surface area contributed by atoms with Gasteiger partial charge in [-0.15, -0.1) is 4.99 Å². The average Bonchev–Trinajstić information content (AvgIpc) is 2.81. The molecule has 0 saturated carbocycles. The maximum atomic E-state index is 14.9. The number of nitrogens with one attached hydrogen (secondary N) is 1. The van der Waals surface area contributed by atoms with Crippen molar-refractivity contribution in [3.63, 3.8) is 0 Å². The molecule has 0 radical (unpaired) electrons. The molecule has 3 heterocycles. The van der Waals surface area contributed by atoms with Gasteiger partial charge in [-0.25, -0.2) is 9.49 Å². The maximum absolute atomic E-state index is 14.9. The smallest absolute Gasteiger partial charge is 0.272 e. The van der Waals surface area contributed by atoms with Gasteiger partial charge in [-0.2, -0.15) is 10.4 Å². The van der Waals surface area contributed by atoms with Gasteiger partial charge in [0.15, 0.2) is 0 Å². The Balaban J connectivity index is 1.39. The van der Waals surface area contributed by atoms with Crippen molar-refractivity contribution in [2.45, 2.75) is 12.8 Å². The van der Waals surface area contributed by atoms with Crippen LogP contribution in [-0.4, -0.2) is 64.5 Å². The number of halogens is 1. The predicted molar refractivity (Wildman–Crippen MR) is 129 cm³/mol. The molecule has 3 aromatic rings. The number of rotatable bonds is 3. The van der Waals surface area contributed by atoms with Gasteiger partial charge in [0.1, 0.15) is 13.0 Å². The van der Waals surface area contributed by atoms with Crippen LogP contribution in [0.4, 0.5) is 4.39 Å². The molecule has 1 aromatic heterocycles. The molecule has 34 heavy (non-hydrogen) atoms. The second-order valence-corrected chi connectivity index (χ2v) is 11.8. The number of hydrogen-bond acceptors (Lipinski definition) is 5. The van der Waals surface area contributed by atoms with Crippen molar-refractivity contribution in [3.05, 3.63) is 69.9 Å². The van der Waals surface area contributed by atoms with Gasteiger partial charge >= 0.3 is 0 Å². The predicted octanol–water partition coefficient (Wildman–Crippen LogP) is 2.50. The molecule has 8 nitrogen and oxygen atoms in total. The van der Waals surface area contributed by atoms with Gasteiger partial charge in [0, 0.05) is 55.6 Å². The van der Waals surface area contributed by atoms with Crippen LogP contribution in [0.5, 0.6) is 0 Å². The first-order valence-corrected chi connectivity index (χ1v) is 13.4. The third-order valence-electron chi connectivity index (χ3n) is 6.63. The molecular formula is C24H24FN6O2P. The van der Waals surface area contributed by atoms with E-state index in [2.05, 4.69) is 15.2 Å². The van der Waals surface area contributed by atoms with Crippen molar-refractivity contribution in [3.8, 4) is 6.19 Å². The Morgan fingerprint density at radius 3 is 2.50 bits per heavy atom. The zero-order valence-corrected chi connectivity index (χ0v) is 19.5. The Kier molecular flexibility index (Phi) is 5.93. The van der Waals surface area contributed by atoms with E-state index in [0.717, 1.165) is 30.5 Å². The van der Waals surface area contributed by atoms with Gasteiger partial charge in [0.25, 0.3) is 5.56 Å². The highest BCUT2D eigenvalue weighted by atomic mass is 31.2. The molecule has 0 spiro atoms. The quantitative estimate of drug-likeness (QED) is 0.268. The Hall–Kier alpha value is -3.50. The molecule has 2 aliphatic rings. The lowest BCUT2D eigenvalue weighted by Gasteiger charge is -2.41. The number of benzene rings is 2. The lowest BCUT2D eigenvalue weighted by molar-refractivity contribution is 0.251. The summed E-state index contributed by atoms with van der Waals surface area (Å²) in [6.07, 6.45) is 3.96. The SMILES string of the molecule is N#C/N=C(\N1CCC1)N1CCP(=O)(c2cc(Cc3n[nH]c(=O)c4ccccc34)ccc2F)CC1. The fraction of sp³-hybridized carbons (Fsp3) is 0.333. The highest BCUT2D eigenvalue weighted by Gasteiger charge is 2.36. The highest BCUT2D eigenvalue weighted by Crippen LogP contribution is 2.47. The molecule has 1 N–H and O–H groups in total. The van der Waals surface area contributed by atoms with Crippen LogP contribution in [-0.2, 0) is 11.0 Å². The molecule has 2 fully saturated rings. The normalized spacial score (nSPS) is 17.9. The monoisotopic (exact) mass is 478 g/mol. The summed E-state index contributed by atoms with van der Waals surface area (Å²) in [5.74, 6) is 0.165. The fourth-order valence-corrected chi connectivity index (χ4v) is 7.31. The molecule has 5 rings (SSSR count). The third-order valence-corrected chi connectivity index (χ3v) is 9.70. The van der Waals surface area contributed by atoms with Crippen molar-refractivity contribution in [1.82, 2.24) is 20.0 Å². The molecule has 0 unspecified atom stereocenters. The molecular weight excluding hydrogens is 454 g/mol. The van der Waals surface area contributed by atoms with Crippen molar-refractivity contribution < 1.29 is 8.96 Å². The second-order valence-electron chi connectivity index (χ2n) is 8.68. The van der Waals surface area contributed by atoms with Crippen LogP contribution in [0, 0.1) is 17.3 Å². The number of nitriles is 1. The lowest BCUT2D eigenvalue weighted by Crippen LogP contribution is -2.53. The van der Waals surface area contributed by atoms with Crippen molar-refractivity contribution in [2.75, 3.05) is 38.5 Å². The zero-order valence-electron chi connectivity index (χ0n) is 18.6. The summed E-state index contributed by atoms with van der Waals surface area (Å²) in [5, 5.41) is 17.4. The minimum Gasteiger partial charge on any atom is -0.342 e. The molecule has 2 aromatic carbocycles. The first kappa shape index (κ1) is 22.3. The summed E-state index contributed by atoms with van der Waals surface area (Å²) >= 11 is 0. The molecule has 2 aliphatic heterocycles. The average molecular weight is 478 g/mol. The van der Waals surface area contributed by atoms with E-state index in [9.17, 15) is 13.8 Å². The fourth-order valence-electron chi connectivity index (χ4n) is 4.61. The number of likely N-dealkylation sites (tertiary alicyclic amines) is 1. The molecule has 0 amide bonds. The minimum absolute atomic E-state index is 0.257. The Morgan fingerprint density at radius 1 is 1.12 bits per heavy atom. The number of nitrogens with zero attached hydrogens (tertiary/aromatic N) is 5. The molecule has 10 heteroatoms. The van der Waals surface area contributed by atoms with Gasteiger partial charge in [-0.3, -0.25) is 4.79 Å². The number of hydrogen-bond donors (Lipinski definition) is 1. The van der Waals surface area contributed by atoms with E-state index in [0.29, 0.717) is 48.9 Å². The van der Waals surface area contributed by atoms with Crippen LogP contribution in [0.25, 0.3) is 10.8 Å². The lowest BCUT2D eigenvalue weighted by atomic mass is 10.0. The molecule has 174 valence electrons. The standard InChI is InChI=1S/C24H24FN6O2P/c25-20-7-6-17(14-21-18-4-1-2-5-19(18)23(32)29-28-21)15-22(20)34(33)12-10-31(11-13-34)24(27-16-26)30-8-3-9-30/h1-2,4-7,15H,3,8-14H2,(H,29,32)/b27-24+. The Morgan fingerprint density at radius 2 is 1.82 bits per heavy atom. The second kappa shape index (κ2) is 9.03. The van der Waals surface area contributed by atoms with Gasteiger partial charge < -0.3 is 14.4 Å². The van der Waals surface area contributed by atoms with Crippen LogP contribution >= 0.6 is 7.14 Å². The van der Waals surface area contributed by atoms with Crippen molar-refractivity contribution in [2.24, 2.45) is 4.99 Å². The highest BCUT2D eigenvalue weighted by molar-refractivity contribution is 7.71. The van der Waals surface area contributed by atoms with Gasteiger partial charge in [0.2, 0.25) is 12.2 Å². The molecule has 2 saturated heterocycles. The number of aromatic amines is 1. The maximum Gasteiger partial charge on any atom is 0.272 e.